The van der Waals surface area contributed by atoms with Crippen LogP contribution in [0.15, 0.2) is 29.7 Å². The third-order valence-corrected chi connectivity index (χ3v) is 11.9. The van der Waals surface area contributed by atoms with Gasteiger partial charge in [0.15, 0.2) is 24.3 Å². The van der Waals surface area contributed by atoms with E-state index in [4.69, 9.17) is 27.8 Å². The molecule has 3 unspecified atom stereocenters. The van der Waals surface area contributed by atoms with Crippen molar-refractivity contribution in [3.05, 3.63) is 35.4 Å². The molecule has 1 aliphatic heterocycles. The van der Waals surface area contributed by atoms with E-state index in [2.05, 4.69) is 22.0 Å². The van der Waals surface area contributed by atoms with Crippen molar-refractivity contribution in [3.8, 4) is 5.82 Å². The fraction of sp³-hybridized carbons (Fsp3) is 0.758. The molecule has 0 spiro atoms. The van der Waals surface area contributed by atoms with E-state index in [1.165, 1.54) is 113 Å². The fourth-order valence-corrected chi connectivity index (χ4v) is 8.60. The zero-order valence-electron chi connectivity index (χ0n) is 30.2. The van der Waals surface area contributed by atoms with E-state index >= 15 is 0 Å². The average molecular weight is 776 g/mol. The molecule has 2 aromatic rings. The first-order valence-corrected chi connectivity index (χ1v) is 21.8. The summed E-state index contributed by atoms with van der Waals surface area (Å²) in [6.45, 7) is 4.57. The molecule has 51 heavy (non-hydrogen) atoms. The number of aromatic nitrogens is 5. The molecule has 0 bridgehead atoms. The highest BCUT2D eigenvalue weighted by atomic mass is 33.1. The van der Waals surface area contributed by atoms with Gasteiger partial charge in [-0.2, -0.15) is 10.1 Å². The number of esters is 2. The summed E-state index contributed by atoms with van der Waals surface area (Å²) in [6.07, 6.45) is 16.7. The third-order valence-electron chi connectivity index (χ3n) is 8.03. The van der Waals surface area contributed by atoms with Crippen molar-refractivity contribution in [1.29, 1.82) is 0 Å². The minimum absolute atomic E-state index is 0.0381. The minimum atomic E-state index is -4.26. The summed E-state index contributed by atoms with van der Waals surface area (Å²) in [5, 5.41) is 3.95. The molecule has 18 heteroatoms. The zero-order valence-corrected chi connectivity index (χ0v) is 32.7. The van der Waals surface area contributed by atoms with Gasteiger partial charge >= 0.3 is 25.5 Å². The normalized spacial score (nSPS) is 19.9. The number of ether oxygens (including phenoxy) is 3. The molecule has 3 rings (SSSR count). The van der Waals surface area contributed by atoms with Gasteiger partial charge in [0.05, 0.1) is 6.61 Å². The second-order valence-corrected chi connectivity index (χ2v) is 16.6. The van der Waals surface area contributed by atoms with E-state index in [9.17, 15) is 18.9 Å². The van der Waals surface area contributed by atoms with Crippen molar-refractivity contribution in [3.63, 3.8) is 0 Å². The number of hydrogen-bond acceptors (Lipinski definition) is 15. The number of phosphoric ester groups is 1. The molecule has 0 aromatic carbocycles. The first-order chi connectivity index (χ1) is 24.7. The zero-order chi connectivity index (χ0) is 36.9. The van der Waals surface area contributed by atoms with Gasteiger partial charge in [-0.1, -0.05) is 112 Å². The molecule has 5 atom stereocenters. The third kappa shape index (κ3) is 15.7. The Morgan fingerprint density at radius 3 is 2.02 bits per heavy atom. The number of unbranched alkanes of at least 4 members (excludes halogenated alkanes) is 13. The Hall–Kier alpha value is -2.27. The van der Waals surface area contributed by atoms with E-state index in [1.807, 2.05) is 0 Å². The van der Waals surface area contributed by atoms with Gasteiger partial charge in [0.1, 0.15) is 12.7 Å². The molecular weight excluding hydrogens is 721 g/mol. The van der Waals surface area contributed by atoms with Crippen molar-refractivity contribution >= 4 is 41.3 Å². The standard InChI is InChI=1S/C33H54N5O10PS2/c1-5-6-7-8-9-10-11-12-13-14-15-16-17-18-22-50-51-23-21-44-49(42,43-4)48-32-30(46-27(3)40)29(45-26(2)39)31(47-32)37-20-19-28(36-33(37)41)38-25-34-24-35-38/h19-20,24-25,29-32H,5-18,21-23H2,1-4H3/t29-,30-,31?,32?,49?/m1/s1. The summed E-state index contributed by atoms with van der Waals surface area (Å²) >= 11 is 0. The van der Waals surface area contributed by atoms with E-state index in [0.29, 0.717) is 5.75 Å². The molecule has 1 saturated heterocycles. The van der Waals surface area contributed by atoms with E-state index in [-0.39, 0.29) is 12.4 Å². The number of rotatable bonds is 27. The summed E-state index contributed by atoms with van der Waals surface area (Å²) in [5.74, 6) is 0.182. The van der Waals surface area contributed by atoms with Gasteiger partial charge in [-0.3, -0.25) is 27.7 Å². The van der Waals surface area contributed by atoms with Crippen LogP contribution in [0.5, 0.6) is 0 Å². The molecule has 15 nitrogen and oxygen atoms in total. The smallest absolute Gasteiger partial charge is 0.453 e. The Morgan fingerprint density at radius 1 is 0.882 bits per heavy atom. The monoisotopic (exact) mass is 775 g/mol. The molecule has 3 heterocycles. The van der Waals surface area contributed by atoms with Crippen LogP contribution in [0.3, 0.4) is 0 Å². The second kappa shape index (κ2) is 24.1. The van der Waals surface area contributed by atoms with Crippen LogP contribution in [0.2, 0.25) is 0 Å². The van der Waals surface area contributed by atoms with Crippen molar-refractivity contribution in [2.75, 3.05) is 25.2 Å². The van der Waals surface area contributed by atoms with Crippen LogP contribution < -0.4 is 5.69 Å². The maximum atomic E-state index is 13.5. The Balaban J connectivity index is 1.41. The van der Waals surface area contributed by atoms with Gasteiger partial charge in [-0.15, -0.1) is 0 Å². The molecule has 0 radical (unpaired) electrons. The Bertz CT molecular complexity index is 1400. The topological polar surface area (TPSA) is 172 Å². The quantitative estimate of drug-likeness (QED) is 0.0386. The lowest BCUT2D eigenvalue weighted by molar-refractivity contribution is -0.173. The number of hydrogen-bond donors (Lipinski definition) is 0. The fourth-order valence-electron chi connectivity index (χ4n) is 5.51. The summed E-state index contributed by atoms with van der Waals surface area (Å²) < 4.78 is 48.7. The highest BCUT2D eigenvalue weighted by Gasteiger charge is 2.54. The molecule has 1 aliphatic rings. The number of carbonyl (C=O) groups excluding carboxylic acids is 2. The maximum absolute atomic E-state index is 13.5. The predicted octanol–water partition coefficient (Wildman–Crippen LogP) is 7.19. The van der Waals surface area contributed by atoms with Crippen LogP contribution in [0.25, 0.3) is 5.82 Å². The van der Waals surface area contributed by atoms with Crippen molar-refractivity contribution in [1.82, 2.24) is 24.3 Å². The van der Waals surface area contributed by atoms with Crippen molar-refractivity contribution < 1.29 is 41.9 Å². The lowest BCUT2D eigenvalue weighted by atomic mass is 10.0. The average Bonchev–Trinajstić information content (AvgIpc) is 3.74. The lowest BCUT2D eigenvalue weighted by Gasteiger charge is -2.24. The number of nitrogens with zero attached hydrogens (tertiary/aromatic N) is 5. The van der Waals surface area contributed by atoms with Gasteiger partial charge in [-0.25, -0.2) is 19.0 Å². The van der Waals surface area contributed by atoms with Crippen LogP contribution in [0, 0.1) is 0 Å². The predicted molar refractivity (Wildman–Crippen MR) is 195 cm³/mol. The van der Waals surface area contributed by atoms with Gasteiger partial charge < -0.3 is 14.2 Å². The van der Waals surface area contributed by atoms with Crippen molar-refractivity contribution in [2.24, 2.45) is 0 Å². The maximum Gasteiger partial charge on any atom is 0.477 e. The highest BCUT2D eigenvalue weighted by Crippen LogP contribution is 2.52. The summed E-state index contributed by atoms with van der Waals surface area (Å²) in [4.78, 5) is 45.0. The Morgan fingerprint density at radius 2 is 1.47 bits per heavy atom. The van der Waals surface area contributed by atoms with Gasteiger partial charge in [0.25, 0.3) is 0 Å². The largest absolute Gasteiger partial charge is 0.477 e. The summed E-state index contributed by atoms with van der Waals surface area (Å²) in [5.41, 5.74) is -0.804. The molecule has 2 aromatic heterocycles. The van der Waals surface area contributed by atoms with Crippen molar-refractivity contribution in [2.45, 2.75) is 135 Å². The van der Waals surface area contributed by atoms with Crippen LogP contribution in [-0.2, 0) is 41.9 Å². The highest BCUT2D eigenvalue weighted by molar-refractivity contribution is 8.76. The summed E-state index contributed by atoms with van der Waals surface area (Å²) in [6, 6.07) is 1.46. The van der Waals surface area contributed by atoms with Crippen LogP contribution in [0.4, 0.5) is 0 Å². The minimum Gasteiger partial charge on any atom is -0.453 e. The second-order valence-electron chi connectivity index (χ2n) is 12.2. The van der Waals surface area contributed by atoms with E-state index in [1.54, 1.807) is 21.6 Å². The van der Waals surface area contributed by atoms with E-state index in [0.717, 1.165) is 37.7 Å². The van der Waals surface area contributed by atoms with Crippen LogP contribution in [0.1, 0.15) is 117 Å². The number of carbonyl (C=O) groups is 2. The van der Waals surface area contributed by atoms with Gasteiger partial charge in [-0.05, 0) is 12.5 Å². The van der Waals surface area contributed by atoms with Gasteiger partial charge in [0, 0.05) is 38.7 Å². The lowest BCUT2D eigenvalue weighted by Crippen LogP contribution is -2.41. The summed E-state index contributed by atoms with van der Waals surface area (Å²) in [7, 11) is 0.213. The molecule has 1 fully saturated rings. The molecule has 0 N–H and O–H groups in total. The van der Waals surface area contributed by atoms with Crippen LogP contribution >= 0.6 is 29.4 Å². The Kier molecular flexibility index (Phi) is 20.4. The molecule has 288 valence electrons. The molecule has 0 amide bonds. The Labute approximate surface area is 308 Å². The van der Waals surface area contributed by atoms with Gasteiger partial charge in [0.2, 0.25) is 6.29 Å². The van der Waals surface area contributed by atoms with E-state index < -0.39 is 50.2 Å². The first kappa shape index (κ1) is 43.1. The molecular formula is C33H54N5O10PS2. The first-order valence-electron chi connectivity index (χ1n) is 17.8. The SMILES string of the molecule is CCCCCCCCCCCCCCCCSSCCOP(=O)(OC)OC1OC(n2ccc(-n3cncn3)nc2=O)[C@H](OC(C)=O)[C@H]1OC(C)=O. The van der Waals surface area contributed by atoms with Crippen LogP contribution in [-0.4, -0.2) is 80.0 Å². The molecule has 0 saturated carbocycles. The number of phosphoric acid groups is 1. The molecule has 0 aliphatic carbocycles.